The molecule has 1 aliphatic carbocycles. The first-order valence-electron chi connectivity index (χ1n) is 7.45. The molecule has 3 amide bonds. The van der Waals surface area contributed by atoms with Crippen LogP contribution >= 0.6 is 0 Å². The summed E-state index contributed by atoms with van der Waals surface area (Å²) in [7, 11) is 0. The second kappa shape index (κ2) is 5.25. The number of nitrogens with one attached hydrogen (secondary N) is 2. The van der Waals surface area contributed by atoms with Gasteiger partial charge in [-0.15, -0.1) is 0 Å². The summed E-state index contributed by atoms with van der Waals surface area (Å²) in [6.07, 6.45) is 0. The molecule has 0 bridgehead atoms. The summed E-state index contributed by atoms with van der Waals surface area (Å²) >= 11 is 0. The Balaban J connectivity index is 2.03. The summed E-state index contributed by atoms with van der Waals surface area (Å²) in [5.74, 6) is -3.64. The number of rotatable bonds is 3. The lowest BCUT2D eigenvalue weighted by atomic mass is 9.87. The minimum absolute atomic E-state index is 0.0434. The van der Waals surface area contributed by atoms with Crippen molar-refractivity contribution in [2.24, 2.45) is 0 Å². The summed E-state index contributed by atoms with van der Waals surface area (Å²) in [5, 5.41) is 13.3. The lowest BCUT2D eigenvalue weighted by molar-refractivity contribution is -0.139. The Bertz CT molecular complexity index is 1010. The lowest BCUT2D eigenvalue weighted by Gasteiger charge is -2.23. The number of urea groups is 1. The fourth-order valence-electron chi connectivity index (χ4n) is 3.43. The highest BCUT2D eigenvalue weighted by Gasteiger charge is 2.56. The summed E-state index contributed by atoms with van der Waals surface area (Å²) in [6, 6.07) is 4.77. The van der Waals surface area contributed by atoms with E-state index in [4.69, 9.17) is 9.84 Å². The second-order valence-corrected chi connectivity index (χ2v) is 5.86. The van der Waals surface area contributed by atoms with Crippen molar-refractivity contribution in [1.29, 1.82) is 0 Å². The maximum atomic E-state index is 14.2. The molecule has 0 radical (unpaired) electrons. The molecule has 1 unspecified atom stereocenters. The van der Waals surface area contributed by atoms with Gasteiger partial charge in [0.15, 0.2) is 12.1 Å². The number of carboxylic acids is 1. The molecule has 2 aromatic carbocycles. The van der Waals surface area contributed by atoms with E-state index in [9.17, 15) is 23.2 Å². The van der Waals surface area contributed by atoms with Crippen LogP contribution in [0.4, 0.5) is 13.6 Å². The molecule has 4 rings (SSSR count). The van der Waals surface area contributed by atoms with Gasteiger partial charge >= 0.3 is 12.0 Å². The first-order chi connectivity index (χ1) is 12.3. The van der Waals surface area contributed by atoms with Gasteiger partial charge < -0.3 is 15.2 Å². The number of halogens is 2. The zero-order valence-electron chi connectivity index (χ0n) is 12.9. The Morgan fingerprint density at radius 2 is 1.85 bits per heavy atom. The van der Waals surface area contributed by atoms with Gasteiger partial charge in [-0.05, 0) is 23.8 Å². The van der Waals surface area contributed by atoms with Crippen LogP contribution in [-0.4, -0.2) is 29.6 Å². The smallest absolute Gasteiger partial charge is 0.341 e. The topological polar surface area (TPSA) is 105 Å². The predicted octanol–water partition coefficient (Wildman–Crippen LogP) is 1.49. The van der Waals surface area contributed by atoms with Crippen molar-refractivity contribution in [2.45, 2.75) is 5.54 Å². The summed E-state index contributed by atoms with van der Waals surface area (Å²) in [5.41, 5.74) is -1.10. The first kappa shape index (κ1) is 16.0. The highest BCUT2D eigenvalue weighted by atomic mass is 19.1. The zero-order chi connectivity index (χ0) is 18.6. The molecule has 1 fully saturated rings. The van der Waals surface area contributed by atoms with E-state index in [2.05, 4.69) is 10.6 Å². The van der Waals surface area contributed by atoms with Crippen molar-refractivity contribution in [3.05, 3.63) is 53.1 Å². The number of benzene rings is 2. The average molecular weight is 360 g/mol. The van der Waals surface area contributed by atoms with Gasteiger partial charge in [-0.1, -0.05) is 6.07 Å². The van der Waals surface area contributed by atoms with E-state index < -0.39 is 41.7 Å². The monoisotopic (exact) mass is 360 g/mol. The number of fused-ring (bicyclic) bond motifs is 5. The van der Waals surface area contributed by atoms with E-state index in [1.807, 2.05) is 0 Å². The van der Waals surface area contributed by atoms with Crippen molar-refractivity contribution >= 4 is 17.9 Å². The van der Waals surface area contributed by atoms with Gasteiger partial charge in [-0.2, -0.15) is 0 Å². The molecule has 2 aromatic rings. The third kappa shape index (κ3) is 2.06. The van der Waals surface area contributed by atoms with Crippen molar-refractivity contribution in [2.75, 3.05) is 6.61 Å². The third-order valence-electron chi connectivity index (χ3n) is 4.35. The highest BCUT2D eigenvalue weighted by Crippen LogP contribution is 2.52. The SMILES string of the molecule is O=C(O)COc1cc(F)cc2c1-c1ccc(F)cc1C21NC(=O)NC1=O. The number of hydrogen-bond donors (Lipinski definition) is 3. The van der Waals surface area contributed by atoms with Gasteiger partial charge in [0.1, 0.15) is 17.4 Å². The van der Waals surface area contributed by atoms with E-state index >= 15 is 0 Å². The molecule has 3 N–H and O–H groups in total. The molecule has 26 heavy (non-hydrogen) atoms. The van der Waals surface area contributed by atoms with Crippen molar-refractivity contribution in [1.82, 2.24) is 10.6 Å². The van der Waals surface area contributed by atoms with Crippen LogP contribution < -0.4 is 15.4 Å². The molecule has 9 heteroatoms. The van der Waals surface area contributed by atoms with Crippen LogP contribution in [0.25, 0.3) is 11.1 Å². The van der Waals surface area contributed by atoms with Crippen LogP contribution in [0.3, 0.4) is 0 Å². The summed E-state index contributed by atoms with van der Waals surface area (Å²) < 4.78 is 33.2. The van der Waals surface area contributed by atoms with Gasteiger partial charge in [0.05, 0.1) is 0 Å². The largest absolute Gasteiger partial charge is 0.481 e. The third-order valence-corrected chi connectivity index (χ3v) is 4.35. The number of hydrogen-bond acceptors (Lipinski definition) is 4. The van der Waals surface area contributed by atoms with Gasteiger partial charge in [-0.25, -0.2) is 18.4 Å². The van der Waals surface area contributed by atoms with Crippen molar-refractivity contribution < 1.29 is 33.0 Å². The van der Waals surface area contributed by atoms with E-state index in [1.165, 1.54) is 6.07 Å². The number of carboxylic acid groups (broad SMARTS) is 1. The van der Waals surface area contributed by atoms with E-state index in [0.29, 0.717) is 5.56 Å². The zero-order valence-corrected chi connectivity index (χ0v) is 12.9. The second-order valence-electron chi connectivity index (χ2n) is 5.86. The van der Waals surface area contributed by atoms with Gasteiger partial charge in [0, 0.05) is 22.8 Å². The number of imide groups is 1. The van der Waals surface area contributed by atoms with Crippen molar-refractivity contribution in [3.63, 3.8) is 0 Å². The molecule has 2 aliphatic rings. The minimum Gasteiger partial charge on any atom is -0.481 e. The van der Waals surface area contributed by atoms with Gasteiger partial charge in [0.25, 0.3) is 5.91 Å². The van der Waals surface area contributed by atoms with Gasteiger partial charge in [-0.3, -0.25) is 10.1 Å². The Hall–Kier alpha value is -3.49. The first-order valence-corrected chi connectivity index (χ1v) is 7.45. The summed E-state index contributed by atoms with van der Waals surface area (Å²) in [4.78, 5) is 35.1. The number of amides is 3. The average Bonchev–Trinajstić information content (AvgIpc) is 3.01. The van der Waals surface area contributed by atoms with Crippen LogP contribution in [0.15, 0.2) is 30.3 Å². The van der Waals surface area contributed by atoms with Crippen LogP contribution in [0, 0.1) is 11.6 Å². The Labute approximate surface area is 144 Å². The molecule has 1 saturated heterocycles. The lowest BCUT2D eigenvalue weighted by Crippen LogP contribution is -2.43. The quantitative estimate of drug-likeness (QED) is 0.720. The molecule has 1 aliphatic heterocycles. The Morgan fingerprint density at radius 1 is 1.12 bits per heavy atom. The fourth-order valence-corrected chi connectivity index (χ4v) is 3.43. The van der Waals surface area contributed by atoms with Crippen LogP contribution in [0.5, 0.6) is 5.75 Å². The Kier molecular flexibility index (Phi) is 3.23. The van der Waals surface area contributed by atoms with Gasteiger partial charge in [0.2, 0.25) is 0 Å². The van der Waals surface area contributed by atoms with E-state index in [-0.39, 0.29) is 22.4 Å². The van der Waals surface area contributed by atoms with E-state index in [0.717, 1.165) is 24.3 Å². The van der Waals surface area contributed by atoms with Crippen LogP contribution in [-0.2, 0) is 15.1 Å². The number of aliphatic carboxylic acids is 1. The molecule has 7 nitrogen and oxygen atoms in total. The number of ether oxygens (including phenoxy) is 1. The van der Waals surface area contributed by atoms with Crippen molar-refractivity contribution in [3.8, 4) is 16.9 Å². The van der Waals surface area contributed by atoms with Crippen LogP contribution in [0.2, 0.25) is 0 Å². The minimum atomic E-state index is -1.81. The molecule has 1 atom stereocenters. The molecule has 0 aromatic heterocycles. The molecular weight excluding hydrogens is 350 g/mol. The highest BCUT2D eigenvalue weighted by molar-refractivity contribution is 6.13. The summed E-state index contributed by atoms with van der Waals surface area (Å²) in [6.45, 7) is -0.738. The maximum absolute atomic E-state index is 14.2. The number of carbonyl (C=O) groups is 3. The van der Waals surface area contributed by atoms with Crippen LogP contribution in [0.1, 0.15) is 11.1 Å². The molecule has 1 spiro atoms. The predicted molar refractivity (Wildman–Crippen MR) is 82.4 cm³/mol. The normalized spacial score (nSPS) is 19.8. The Morgan fingerprint density at radius 3 is 2.50 bits per heavy atom. The molecular formula is C17H10F2N2O5. The fraction of sp³-hybridized carbons (Fsp3) is 0.118. The molecule has 1 heterocycles. The maximum Gasteiger partial charge on any atom is 0.341 e. The number of carbonyl (C=O) groups excluding carboxylic acids is 2. The standard InChI is InChI=1S/C17H10F2N2O5/c18-7-1-2-9-10(3-7)17(15(24)20-16(25)21-17)11-4-8(19)5-12(14(9)11)26-6-13(22)23/h1-5H,6H2,(H,22,23)(H2,20,21,24,25). The van der Waals surface area contributed by atoms with E-state index in [1.54, 1.807) is 0 Å². The molecule has 0 saturated carbocycles. The molecule has 132 valence electrons.